The number of anilines is 1. The van der Waals surface area contributed by atoms with Crippen LogP contribution < -0.4 is 4.90 Å². The monoisotopic (exact) mass is 166 g/mol. The molecular weight excluding hydrogens is 156 g/mol. The molecule has 0 aromatic carbocycles. The van der Waals surface area contributed by atoms with Gasteiger partial charge in [-0.25, -0.2) is 0 Å². The number of aryl methyl sites for hydroxylation is 1. The summed E-state index contributed by atoms with van der Waals surface area (Å²) < 4.78 is 0. The molecule has 0 N–H and O–H groups in total. The maximum absolute atomic E-state index is 8.44. The normalized spacial score (nSPS) is 9.18. The molecule has 0 fully saturated rings. The van der Waals surface area contributed by atoms with Crippen molar-refractivity contribution in [3.05, 3.63) is 17.0 Å². The quantitative estimate of drug-likeness (QED) is 0.628. The standard InChI is InChI=1S/C8H10N2S/c1-7-3-6-11-8(7)10(2)5-4-9/h3,6H,5H2,1-2H3. The summed E-state index contributed by atoms with van der Waals surface area (Å²) >= 11 is 1.67. The molecule has 58 valence electrons. The predicted octanol–water partition coefficient (Wildman–Crippen LogP) is 2.02. The lowest BCUT2D eigenvalue weighted by atomic mass is 10.3. The van der Waals surface area contributed by atoms with Gasteiger partial charge in [-0.3, -0.25) is 0 Å². The molecule has 0 saturated carbocycles. The van der Waals surface area contributed by atoms with Crippen LogP contribution in [0.3, 0.4) is 0 Å². The summed E-state index contributed by atoms with van der Waals surface area (Å²) in [6, 6.07) is 4.18. The molecular formula is C8H10N2S. The molecule has 0 radical (unpaired) electrons. The van der Waals surface area contributed by atoms with E-state index in [-0.39, 0.29) is 0 Å². The maximum Gasteiger partial charge on any atom is 0.106 e. The summed E-state index contributed by atoms with van der Waals surface area (Å²) in [4.78, 5) is 1.96. The zero-order valence-corrected chi connectivity index (χ0v) is 7.48. The topological polar surface area (TPSA) is 27.0 Å². The summed E-state index contributed by atoms with van der Waals surface area (Å²) in [6.45, 7) is 2.51. The van der Waals surface area contributed by atoms with Gasteiger partial charge in [0, 0.05) is 7.05 Å². The van der Waals surface area contributed by atoms with E-state index in [0.717, 1.165) is 0 Å². The minimum absolute atomic E-state index is 0.460. The molecule has 0 aliphatic heterocycles. The Kier molecular flexibility index (Phi) is 2.50. The zero-order chi connectivity index (χ0) is 8.27. The Hall–Kier alpha value is -1.01. The van der Waals surface area contributed by atoms with Gasteiger partial charge in [-0.05, 0) is 23.9 Å². The molecule has 0 unspecified atom stereocenters. The Bertz CT molecular complexity index is 272. The third-order valence-electron chi connectivity index (χ3n) is 1.49. The van der Waals surface area contributed by atoms with E-state index in [1.165, 1.54) is 10.6 Å². The van der Waals surface area contributed by atoms with Crippen LogP contribution in [0.1, 0.15) is 5.56 Å². The van der Waals surface area contributed by atoms with Crippen molar-refractivity contribution in [3.8, 4) is 6.07 Å². The highest BCUT2D eigenvalue weighted by Crippen LogP contribution is 2.24. The first kappa shape index (κ1) is 8.09. The van der Waals surface area contributed by atoms with Crippen LogP contribution in [0, 0.1) is 18.3 Å². The molecule has 0 bridgehead atoms. The van der Waals surface area contributed by atoms with Gasteiger partial charge >= 0.3 is 0 Å². The van der Waals surface area contributed by atoms with Crippen LogP contribution in [0.25, 0.3) is 0 Å². The van der Waals surface area contributed by atoms with Crippen molar-refractivity contribution < 1.29 is 0 Å². The Balaban J connectivity index is 2.77. The Morgan fingerprint density at radius 1 is 1.73 bits per heavy atom. The fourth-order valence-electron chi connectivity index (χ4n) is 0.934. The molecule has 11 heavy (non-hydrogen) atoms. The van der Waals surface area contributed by atoms with Crippen molar-refractivity contribution in [2.45, 2.75) is 6.92 Å². The van der Waals surface area contributed by atoms with Gasteiger partial charge in [0.05, 0.1) is 11.1 Å². The van der Waals surface area contributed by atoms with Gasteiger partial charge in [0.1, 0.15) is 6.54 Å². The highest BCUT2D eigenvalue weighted by Gasteiger charge is 2.03. The van der Waals surface area contributed by atoms with E-state index in [9.17, 15) is 0 Å². The Morgan fingerprint density at radius 2 is 2.45 bits per heavy atom. The lowest BCUT2D eigenvalue weighted by molar-refractivity contribution is 1.05. The number of rotatable bonds is 2. The van der Waals surface area contributed by atoms with Crippen molar-refractivity contribution in [2.24, 2.45) is 0 Å². The predicted molar refractivity (Wildman–Crippen MR) is 47.9 cm³/mol. The van der Waals surface area contributed by atoms with Gasteiger partial charge in [0.25, 0.3) is 0 Å². The SMILES string of the molecule is Cc1ccsc1N(C)CC#N. The third-order valence-corrected chi connectivity index (χ3v) is 2.62. The van der Waals surface area contributed by atoms with Crippen molar-refractivity contribution in [2.75, 3.05) is 18.5 Å². The summed E-state index contributed by atoms with van der Waals surface area (Å²) in [5.74, 6) is 0. The van der Waals surface area contributed by atoms with Gasteiger partial charge in [-0.1, -0.05) is 0 Å². The lowest BCUT2D eigenvalue weighted by Gasteiger charge is -2.13. The van der Waals surface area contributed by atoms with Crippen molar-refractivity contribution in [1.29, 1.82) is 5.26 Å². The molecule has 1 heterocycles. The van der Waals surface area contributed by atoms with Gasteiger partial charge < -0.3 is 4.90 Å². The van der Waals surface area contributed by atoms with Crippen molar-refractivity contribution >= 4 is 16.3 Å². The molecule has 3 heteroatoms. The van der Waals surface area contributed by atoms with Gasteiger partial charge in [0.2, 0.25) is 0 Å². The van der Waals surface area contributed by atoms with Gasteiger partial charge in [-0.15, -0.1) is 11.3 Å². The number of nitrogens with zero attached hydrogens (tertiary/aromatic N) is 2. The number of nitriles is 1. The molecule has 1 rings (SSSR count). The van der Waals surface area contributed by atoms with E-state index >= 15 is 0 Å². The summed E-state index contributed by atoms with van der Waals surface area (Å²) in [7, 11) is 1.93. The highest BCUT2D eigenvalue weighted by atomic mass is 32.1. The second-order valence-corrected chi connectivity index (χ2v) is 3.32. The van der Waals surface area contributed by atoms with Crippen LogP contribution >= 0.6 is 11.3 Å². The van der Waals surface area contributed by atoms with Crippen LogP contribution in [0.2, 0.25) is 0 Å². The number of hydrogen-bond donors (Lipinski definition) is 0. The van der Waals surface area contributed by atoms with Crippen LogP contribution in [0.15, 0.2) is 11.4 Å². The molecule has 2 nitrogen and oxygen atoms in total. The summed E-state index contributed by atoms with van der Waals surface area (Å²) in [5, 5.41) is 11.7. The maximum atomic E-state index is 8.44. The third kappa shape index (κ3) is 1.72. The Morgan fingerprint density at radius 3 is 2.91 bits per heavy atom. The van der Waals surface area contributed by atoms with E-state index in [1.54, 1.807) is 11.3 Å². The van der Waals surface area contributed by atoms with E-state index in [0.29, 0.717) is 6.54 Å². The number of hydrogen-bond acceptors (Lipinski definition) is 3. The summed E-state index contributed by atoms with van der Waals surface area (Å²) in [5.41, 5.74) is 1.24. The van der Waals surface area contributed by atoms with E-state index in [2.05, 4.69) is 19.1 Å². The number of thiophene rings is 1. The average Bonchev–Trinajstić information content (AvgIpc) is 2.36. The first-order valence-corrected chi connectivity index (χ1v) is 4.26. The molecule has 0 amide bonds. The molecule has 1 aromatic heterocycles. The molecule has 1 aromatic rings. The zero-order valence-electron chi connectivity index (χ0n) is 6.66. The van der Waals surface area contributed by atoms with Crippen LogP contribution in [0.5, 0.6) is 0 Å². The largest absolute Gasteiger partial charge is 0.353 e. The first-order chi connectivity index (χ1) is 5.25. The van der Waals surface area contributed by atoms with Gasteiger partial charge in [0.15, 0.2) is 0 Å². The van der Waals surface area contributed by atoms with Crippen LogP contribution in [0.4, 0.5) is 5.00 Å². The minimum atomic E-state index is 0.460. The van der Waals surface area contributed by atoms with Crippen molar-refractivity contribution in [1.82, 2.24) is 0 Å². The smallest absolute Gasteiger partial charge is 0.106 e. The van der Waals surface area contributed by atoms with E-state index in [1.807, 2.05) is 17.3 Å². The van der Waals surface area contributed by atoms with E-state index in [4.69, 9.17) is 5.26 Å². The molecule has 0 aliphatic rings. The lowest BCUT2D eigenvalue weighted by Crippen LogP contribution is -2.16. The fourth-order valence-corrected chi connectivity index (χ4v) is 1.83. The second kappa shape index (κ2) is 3.40. The van der Waals surface area contributed by atoms with Crippen LogP contribution in [-0.2, 0) is 0 Å². The summed E-state index contributed by atoms with van der Waals surface area (Å²) in [6.07, 6.45) is 0. The molecule has 0 aliphatic carbocycles. The molecule has 0 saturated heterocycles. The van der Waals surface area contributed by atoms with E-state index < -0.39 is 0 Å². The van der Waals surface area contributed by atoms with Gasteiger partial charge in [-0.2, -0.15) is 5.26 Å². The first-order valence-electron chi connectivity index (χ1n) is 3.38. The molecule has 0 spiro atoms. The second-order valence-electron chi connectivity index (χ2n) is 2.42. The Labute approximate surface area is 70.7 Å². The minimum Gasteiger partial charge on any atom is -0.353 e. The fraction of sp³-hybridized carbons (Fsp3) is 0.375. The van der Waals surface area contributed by atoms with Crippen molar-refractivity contribution in [3.63, 3.8) is 0 Å². The average molecular weight is 166 g/mol. The highest BCUT2D eigenvalue weighted by molar-refractivity contribution is 7.14. The van der Waals surface area contributed by atoms with Crippen LogP contribution in [-0.4, -0.2) is 13.6 Å². The molecule has 0 atom stereocenters.